The molecule has 0 unspecified atom stereocenters. The Kier molecular flexibility index (Phi) is 5.71. The summed E-state index contributed by atoms with van der Waals surface area (Å²) in [6.07, 6.45) is 3.43. The van der Waals surface area contributed by atoms with Crippen molar-refractivity contribution in [2.45, 2.75) is 27.3 Å². The summed E-state index contributed by atoms with van der Waals surface area (Å²) in [7, 11) is -1.94. The van der Waals surface area contributed by atoms with Gasteiger partial charge in [0.25, 0.3) is 5.56 Å². The highest BCUT2D eigenvalue weighted by atomic mass is 32.2. The molecule has 0 aliphatic rings. The van der Waals surface area contributed by atoms with Crippen molar-refractivity contribution in [1.29, 1.82) is 0 Å². The van der Waals surface area contributed by atoms with Gasteiger partial charge in [0.1, 0.15) is 22.7 Å². The van der Waals surface area contributed by atoms with Gasteiger partial charge in [-0.25, -0.2) is 17.8 Å². The molecule has 0 amide bonds. The van der Waals surface area contributed by atoms with Crippen LogP contribution in [0, 0.1) is 19.7 Å². The fourth-order valence-corrected chi connectivity index (χ4v) is 5.14. The molecule has 0 fully saturated rings. The molecule has 3 aromatic heterocycles. The highest BCUT2D eigenvalue weighted by Crippen LogP contribution is 2.35. The van der Waals surface area contributed by atoms with Crippen LogP contribution in [-0.4, -0.2) is 33.3 Å². The molecular weight excluding hydrogens is 481 g/mol. The molecule has 0 bridgehead atoms. The normalized spacial score (nSPS) is 12.0. The zero-order valence-corrected chi connectivity index (χ0v) is 21.2. The van der Waals surface area contributed by atoms with Crippen LogP contribution < -0.4 is 10.3 Å². The van der Waals surface area contributed by atoms with Gasteiger partial charge in [-0.3, -0.25) is 9.52 Å². The molecule has 2 aromatic carbocycles. The lowest BCUT2D eigenvalue weighted by molar-refractivity contribution is 0.599. The number of anilines is 1. The number of sulfonamides is 1. The molecular formula is C26H26FN5O3S. The Balaban J connectivity index is 1.80. The number of nitrogens with one attached hydrogen (secondary N) is 2. The Labute approximate surface area is 207 Å². The van der Waals surface area contributed by atoms with Crippen LogP contribution in [-0.2, 0) is 23.6 Å². The van der Waals surface area contributed by atoms with E-state index in [2.05, 4.69) is 14.7 Å². The van der Waals surface area contributed by atoms with E-state index in [1.165, 1.54) is 10.6 Å². The average Bonchev–Trinajstić information content (AvgIpc) is 3.44. The third-order valence-electron chi connectivity index (χ3n) is 6.43. The number of aromatic nitrogens is 4. The summed E-state index contributed by atoms with van der Waals surface area (Å²) in [6.45, 7) is 5.50. The van der Waals surface area contributed by atoms with E-state index in [0.29, 0.717) is 44.6 Å². The molecule has 0 aliphatic heterocycles. The number of aromatic amines is 1. The Hall–Kier alpha value is -3.92. The standard InChI is InChI=1S/C26H26FN5O3S/c1-5-36(34,35)30-22-11-17(20-14-31(4)26(33)24-19(20)8-9-28-24)12-23-25(22)29-16(3)32(23)13-18-10-15(2)6-7-21(18)27/h6-12,14,28,30H,5,13H2,1-4H3. The van der Waals surface area contributed by atoms with Gasteiger partial charge in [0.2, 0.25) is 10.0 Å². The summed E-state index contributed by atoms with van der Waals surface area (Å²) in [4.78, 5) is 20.2. The van der Waals surface area contributed by atoms with Crippen molar-refractivity contribution >= 4 is 37.6 Å². The summed E-state index contributed by atoms with van der Waals surface area (Å²) >= 11 is 0. The SMILES string of the molecule is CCS(=O)(=O)Nc1cc(-c2cn(C)c(=O)c3[nH]ccc23)cc2c1nc(C)n2Cc1cc(C)ccc1F. The predicted octanol–water partition coefficient (Wildman–Crippen LogP) is 4.45. The van der Waals surface area contributed by atoms with Gasteiger partial charge in [-0.2, -0.15) is 0 Å². The van der Waals surface area contributed by atoms with Crippen molar-refractivity contribution in [3.8, 4) is 11.1 Å². The summed E-state index contributed by atoms with van der Waals surface area (Å²) in [5, 5.41) is 0.717. The molecule has 2 N–H and O–H groups in total. The van der Waals surface area contributed by atoms with E-state index >= 15 is 0 Å². The van der Waals surface area contributed by atoms with Crippen molar-refractivity contribution in [1.82, 2.24) is 19.1 Å². The van der Waals surface area contributed by atoms with Gasteiger partial charge in [-0.05, 0) is 50.6 Å². The van der Waals surface area contributed by atoms with Gasteiger partial charge in [-0.15, -0.1) is 0 Å². The number of hydrogen-bond acceptors (Lipinski definition) is 4. The molecule has 0 radical (unpaired) electrons. The van der Waals surface area contributed by atoms with Crippen LogP contribution in [0.1, 0.15) is 23.9 Å². The van der Waals surface area contributed by atoms with Crippen LogP contribution >= 0.6 is 0 Å². The zero-order valence-electron chi connectivity index (χ0n) is 20.4. The molecule has 10 heteroatoms. The number of fused-ring (bicyclic) bond motifs is 2. The van der Waals surface area contributed by atoms with Crippen LogP contribution in [0.15, 0.2) is 53.6 Å². The van der Waals surface area contributed by atoms with E-state index in [1.54, 1.807) is 44.6 Å². The van der Waals surface area contributed by atoms with Crippen molar-refractivity contribution < 1.29 is 12.8 Å². The first-order valence-corrected chi connectivity index (χ1v) is 13.2. The second-order valence-corrected chi connectivity index (χ2v) is 11.0. The quantitative estimate of drug-likeness (QED) is 0.355. The monoisotopic (exact) mass is 507 g/mol. The summed E-state index contributed by atoms with van der Waals surface area (Å²) in [5.74, 6) is 0.193. The third kappa shape index (κ3) is 4.07. The van der Waals surface area contributed by atoms with E-state index in [1.807, 2.05) is 30.5 Å². The van der Waals surface area contributed by atoms with Crippen LogP contribution in [0.25, 0.3) is 33.1 Å². The molecule has 8 nitrogen and oxygen atoms in total. The lowest BCUT2D eigenvalue weighted by Crippen LogP contribution is -2.17. The highest BCUT2D eigenvalue weighted by molar-refractivity contribution is 7.92. The van der Waals surface area contributed by atoms with Crippen molar-refractivity contribution in [3.63, 3.8) is 0 Å². The molecule has 36 heavy (non-hydrogen) atoms. The van der Waals surface area contributed by atoms with Crippen LogP contribution in [0.3, 0.4) is 0 Å². The van der Waals surface area contributed by atoms with Crippen LogP contribution in [0.5, 0.6) is 0 Å². The molecule has 3 heterocycles. The first-order valence-electron chi connectivity index (χ1n) is 11.5. The summed E-state index contributed by atoms with van der Waals surface area (Å²) in [6, 6.07) is 10.4. The first-order chi connectivity index (χ1) is 17.1. The fourth-order valence-electron chi connectivity index (χ4n) is 4.51. The number of benzene rings is 2. The maximum absolute atomic E-state index is 14.6. The number of H-pyrrole nitrogens is 1. The smallest absolute Gasteiger partial charge is 0.274 e. The fraction of sp³-hybridized carbons (Fsp3) is 0.231. The minimum atomic E-state index is -3.60. The molecule has 0 saturated carbocycles. The zero-order chi connectivity index (χ0) is 25.8. The third-order valence-corrected chi connectivity index (χ3v) is 7.72. The van der Waals surface area contributed by atoms with Crippen molar-refractivity contribution in [3.05, 3.63) is 81.9 Å². The number of hydrogen-bond donors (Lipinski definition) is 2. The van der Waals surface area contributed by atoms with Crippen molar-refractivity contribution in [2.75, 3.05) is 10.5 Å². The molecule has 5 rings (SSSR count). The predicted molar refractivity (Wildman–Crippen MR) is 140 cm³/mol. The second kappa shape index (κ2) is 8.63. The molecule has 0 saturated heterocycles. The van der Waals surface area contributed by atoms with Gasteiger partial charge in [0, 0.05) is 36.0 Å². The summed E-state index contributed by atoms with van der Waals surface area (Å²) in [5.41, 5.74) is 4.63. The Morgan fingerprint density at radius 2 is 1.92 bits per heavy atom. The number of rotatable bonds is 6. The van der Waals surface area contributed by atoms with E-state index < -0.39 is 10.0 Å². The van der Waals surface area contributed by atoms with E-state index in [9.17, 15) is 17.6 Å². The number of pyridine rings is 1. The lowest BCUT2D eigenvalue weighted by Gasteiger charge is -2.14. The lowest BCUT2D eigenvalue weighted by atomic mass is 10.0. The van der Waals surface area contributed by atoms with E-state index in [0.717, 1.165) is 11.1 Å². The number of halogens is 1. The van der Waals surface area contributed by atoms with Crippen molar-refractivity contribution in [2.24, 2.45) is 7.05 Å². The molecule has 5 aromatic rings. The van der Waals surface area contributed by atoms with Gasteiger partial charge in [0.15, 0.2) is 0 Å². The minimum Gasteiger partial charge on any atom is -0.357 e. The number of aryl methyl sites for hydroxylation is 3. The Morgan fingerprint density at radius 3 is 2.67 bits per heavy atom. The highest BCUT2D eigenvalue weighted by Gasteiger charge is 2.20. The number of imidazole rings is 1. The van der Waals surface area contributed by atoms with Crippen LogP contribution in [0.4, 0.5) is 10.1 Å². The molecule has 0 aliphatic carbocycles. The molecule has 0 spiro atoms. The van der Waals surface area contributed by atoms with Gasteiger partial charge >= 0.3 is 0 Å². The van der Waals surface area contributed by atoms with Gasteiger partial charge < -0.3 is 14.1 Å². The topological polar surface area (TPSA) is 102 Å². The second-order valence-electron chi connectivity index (χ2n) is 8.96. The molecule has 0 atom stereocenters. The average molecular weight is 508 g/mol. The largest absolute Gasteiger partial charge is 0.357 e. The van der Waals surface area contributed by atoms with Gasteiger partial charge in [-0.1, -0.05) is 17.7 Å². The Morgan fingerprint density at radius 1 is 1.14 bits per heavy atom. The minimum absolute atomic E-state index is 0.102. The first kappa shape index (κ1) is 23.8. The maximum atomic E-state index is 14.6. The maximum Gasteiger partial charge on any atom is 0.274 e. The van der Waals surface area contributed by atoms with E-state index in [4.69, 9.17) is 0 Å². The number of nitrogens with zero attached hydrogens (tertiary/aromatic N) is 3. The summed E-state index contributed by atoms with van der Waals surface area (Å²) < 4.78 is 45.8. The van der Waals surface area contributed by atoms with Gasteiger partial charge in [0.05, 0.1) is 23.5 Å². The van der Waals surface area contributed by atoms with Crippen LogP contribution in [0.2, 0.25) is 0 Å². The molecule has 186 valence electrons. The Bertz CT molecular complexity index is 1820. The van der Waals surface area contributed by atoms with E-state index in [-0.39, 0.29) is 23.7 Å².